The van der Waals surface area contributed by atoms with Crippen molar-refractivity contribution in [3.63, 3.8) is 0 Å². The first-order chi connectivity index (χ1) is 9.33. The molecule has 0 saturated carbocycles. The Morgan fingerprint density at radius 2 is 2.25 bits per heavy atom. The van der Waals surface area contributed by atoms with Crippen molar-refractivity contribution in [2.75, 3.05) is 5.75 Å². The van der Waals surface area contributed by atoms with Crippen molar-refractivity contribution < 1.29 is 9.21 Å². The van der Waals surface area contributed by atoms with Crippen LogP contribution < -0.4 is 11.1 Å². The summed E-state index contributed by atoms with van der Waals surface area (Å²) in [7, 11) is 0. The van der Waals surface area contributed by atoms with Crippen molar-refractivity contribution >= 4 is 17.7 Å². The van der Waals surface area contributed by atoms with E-state index in [1.54, 1.807) is 18.0 Å². The minimum absolute atomic E-state index is 0.233. The van der Waals surface area contributed by atoms with E-state index in [0.29, 0.717) is 5.22 Å². The fourth-order valence-corrected chi connectivity index (χ4v) is 2.89. The average molecular weight is 299 g/mol. The van der Waals surface area contributed by atoms with Crippen LogP contribution in [0.1, 0.15) is 45.7 Å². The van der Waals surface area contributed by atoms with Crippen molar-refractivity contribution in [3.05, 3.63) is 12.0 Å². The van der Waals surface area contributed by atoms with Crippen LogP contribution in [0.4, 0.5) is 0 Å². The number of thioether (sulfide) groups is 1. The van der Waals surface area contributed by atoms with Crippen molar-refractivity contribution in [2.45, 2.75) is 63.8 Å². The van der Waals surface area contributed by atoms with Crippen LogP contribution in [-0.4, -0.2) is 28.2 Å². The van der Waals surface area contributed by atoms with Crippen LogP contribution in [0.3, 0.4) is 0 Å². The maximum absolute atomic E-state index is 11.6. The molecule has 0 aliphatic rings. The molecule has 1 atom stereocenters. The van der Waals surface area contributed by atoms with Crippen molar-refractivity contribution in [2.24, 2.45) is 5.73 Å². The Labute approximate surface area is 125 Å². The number of nitrogens with zero attached hydrogens (tertiary/aromatic N) is 1. The number of unbranched alkanes of at least 4 members (excludes halogenated alkanes) is 1. The molecule has 0 bridgehead atoms. The quantitative estimate of drug-likeness (QED) is 0.541. The number of primary amides is 1. The van der Waals surface area contributed by atoms with E-state index >= 15 is 0 Å². The van der Waals surface area contributed by atoms with Gasteiger partial charge in [-0.15, -0.1) is 0 Å². The molecule has 0 radical (unpaired) electrons. The highest BCUT2D eigenvalue weighted by atomic mass is 32.2. The van der Waals surface area contributed by atoms with Crippen molar-refractivity contribution in [3.8, 4) is 0 Å². The van der Waals surface area contributed by atoms with Crippen LogP contribution in [0, 0.1) is 6.92 Å². The summed E-state index contributed by atoms with van der Waals surface area (Å²) in [6.07, 6.45) is 4.32. The van der Waals surface area contributed by atoms with E-state index < -0.39 is 5.54 Å². The lowest BCUT2D eigenvalue weighted by Crippen LogP contribution is -2.55. The number of oxazole rings is 1. The van der Waals surface area contributed by atoms with Crippen LogP contribution in [0.15, 0.2) is 15.9 Å². The van der Waals surface area contributed by atoms with Gasteiger partial charge in [-0.25, -0.2) is 4.98 Å². The molecule has 1 unspecified atom stereocenters. The predicted octanol–water partition coefficient (Wildman–Crippen LogP) is 2.49. The Bertz CT molecular complexity index is 434. The average Bonchev–Trinajstić information content (AvgIpc) is 2.73. The van der Waals surface area contributed by atoms with Gasteiger partial charge >= 0.3 is 0 Å². The largest absolute Gasteiger partial charge is 0.440 e. The maximum atomic E-state index is 11.6. The topological polar surface area (TPSA) is 81.1 Å². The minimum atomic E-state index is -0.627. The number of nitrogens with two attached hydrogens (primary N) is 1. The Morgan fingerprint density at radius 3 is 2.75 bits per heavy atom. The number of aromatic nitrogens is 1. The molecule has 1 amide bonds. The number of carbonyl (C=O) groups excluding carboxylic acids is 1. The van der Waals surface area contributed by atoms with Crippen LogP contribution in [0.2, 0.25) is 0 Å². The van der Waals surface area contributed by atoms with E-state index in [1.165, 1.54) is 0 Å². The van der Waals surface area contributed by atoms with Crippen LogP contribution in [-0.2, 0) is 4.79 Å². The molecule has 1 heterocycles. The van der Waals surface area contributed by atoms with Gasteiger partial charge in [-0.3, -0.25) is 4.79 Å². The summed E-state index contributed by atoms with van der Waals surface area (Å²) in [5.41, 5.74) is 5.77. The third-order valence-corrected chi connectivity index (χ3v) is 3.97. The van der Waals surface area contributed by atoms with Gasteiger partial charge in [0.15, 0.2) is 0 Å². The Balaban J connectivity index is 2.29. The SMILES string of the molecule is Cc1coc(SCCCCC(C)(NC(C)C)C(N)=O)n1. The van der Waals surface area contributed by atoms with E-state index in [1.807, 2.05) is 27.7 Å². The number of rotatable bonds is 9. The molecular formula is C14H25N3O2S. The highest BCUT2D eigenvalue weighted by molar-refractivity contribution is 7.99. The maximum Gasteiger partial charge on any atom is 0.255 e. The fraction of sp³-hybridized carbons (Fsp3) is 0.714. The predicted molar refractivity (Wildman–Crippen MR) is 81.7 cm³/mol. The molecular weight excluding hydrogens is 274 g/mol. The lowest BCUT2D eigenvalue weighted by molar-refractivity contribution is -0.124. The van der Waals surface area contributed by atoms with Gasteiger partial charge in [0.1, 0.15) is 6.26 Å². The molecule has 3 N–H and O–H groups in total. The van der Waals surface area contributed by atoms with Gasteiger partial charge in [-0.2, -0.15) is 0 Å². The Morgan fingerprint density at radius 1 is 1.55 bits per heavy atom. The molecule has 5 nitrogen and oxygen atoms in total. The van der Waals surface area contributed by atoms with Gasteiger partial charge in [0.25, 0.3) is 5.22 Å². The lowest BCUT2D eigenvalue weighted by Gasteiger charge is -2.29. The minimum Gasteiger partial charge on any atom is -0.440 e. The standard InChI is InChI=1S/C14H25N3O2S/c1-10(2)17-14(4,12(15)18)7-5-6-8-20-13-16-11(3)9-19-13/h9-10,17H,5-8H2,1-4H3,(H2,15,18). The zero-order chi connectivity index (χ0) is 15.2. The highest BCUT2D eigenvalue weighted by Crippen LogP contribution is 2.20. The molecule has 0 fully saturated rings. The summed E-state index contributed by atoms with van der Waals surface area (Å²) < 4.78 is 5.27. The first-order valence-electron chi connectivity index (χ1n) is 6.96. The van der Waals surface area contributed by atoms with E-state index in [0.717, 1.165) is 30.7 Å². The molecule has 0 aromatic carbocycles. The second-order valence-corrected chi connectivity index (χ2v) is 6.60. The zero-order valence-electron chi connectivity index (χ0n) is 12.7. The molecule has 0 saturated heterocycles. The summed E-state index contributed by atoms with van der Waals surface area (Å²) >= 11 is 1.60. The van der Waals surface area contributed by atoms with Crippen molar-refractivity contribution in [1.29, 1.82) is 0 Å². The van der Waals surface area contributed by atoms with Gasteiger partial charge in [-0.1, -0.05) is 18.2 Å². The molecule has 6 heteroatoms. The van der Waals surface area contributed by atoms with Gasteiger partial charge in [0.05, 0.1) is 11.2 Å². The molecule has 1 rings (SSSR count). The second kappa shape index (κ2) is 7.69. The highest BCUT2D eigenvalue weighted by Gasteiger charge is 2.30. The number of amides is 1. The van der Waals surface area contributed by atoms with E-state index in [4.69, 9.17) is 10.2 Å². The number of hydrogen-bond donors (Lipinski definition) is 2. The van der Waals surface area contributed by atoms with Crippen LogP contribution in [0.25, 0.3) is 0 Å². The van der Waals surface area contributed by atoms with Crippen LogP contribution in [0.5, 0.6) is 0 Å². The molecule has 1 aromatic heterocycles. The van der Waals surface area contributed by atoms with E-state index in [2.05, 4.69) is 10.3 Å². The van der Waals surface area contributed by atoms with Gasteiger partial charge in [0, 0.05) is 11.8 Å². The van der Waals surface area contributed by atoms with Gasteiger partial charge in [0.2, 0.25) is 5.91 Å². The van der Waals surface area contributed by atoms with Crippen molar-refractivity contribution in [1.82, 2.24) is 10.3 Å². The third-order valence-electron chi connectivity index (χ3n) is 3.05. The van der Waals surface area contributed by atoms with E-state index in [-0.39, 0.29) is 11.9 Å². The first kappa shape index (κ1) is 17.0. The smallest absolute Gasteiger partial charge is 0.255 e. The second-order valence-electron chi connectivity index (χ2n) is 5.56. The number of hydrogen-bond acceptors (Lipinski definition) is 5. The number of aryl methyl sites for hydroxylation is 1. The summed E-state index contributed by atoms with van der Waals surface area (Å²) in [6.45, 7) is 7.81. The Kier molecular flexibility index (Phi) is 6.55. The normalized spacial score (nSPS) is 14.4. The van der Waals surface area contributed by atoms with Gasteiger partial charge in [-0.05, 0) is 40.5 Å². The van der Waals surface area contributed by atoms with Crippen LogP contribution >= 0.6 is 11.8 Å². The number of nitrogens with one attached hydrogen (secondary N) is 1. The fourth-order valence-electron chi connectivity index (χ4n) is 2.04. The monoisotopic (exact) mass is 299 g/mol. The number of carbonyl (C=O) groups is 1. The lowest BCUT2D eigenvalue weighted by atomic mass is 9.93. The summed E-state index contributed by atoms with van der Waals surface area (Å²) in [6, 6.07) is 0.233. The molecule has 1 aromatic rings. The van der Waals surface area contributed by atoms with E-state index in [9.17, 15) is 4.79 Å². The molecule has 0 aliphatic heterocycles. The molecule has 0 aliphatic carbocycles. The third kappa shape index (κ3) is 5.54. The zero-order valence-corrected chi connectivity index (χ0v) is 13.5. The summed E-state index contributed by atoms with van der Waals surface area (Å²) in [5.74, 6) is 0.637. The molecule has 114 valence electrons. The first-order valence-corrected chi connectivity index (χ1v) is 7.94. The Hall–Kier alpha value is -1.01. The van der Waals surface area contributed by atoms with Gasteiger partial charge < -0.3 is 15.5 Å². The summed E-state index contributed by atoms with van der Waals surface area (Å²) in [4.78, 5) is 15.8. The molecule has 20 heavy (non-hydrogen) atoms. The summed E-state index contributed by atoms with van der Waals surface area (Å²) in [5, 5.41) is 3.96. The molecule has 0 spiro atoms.